The second-order valence-corrected chi connectivity index (χ2v) is 5.91. The molecule has 1 unspecified atom stereocenters. The third kappa shape index (κ3) is 4.60. The maximum atomic E-state index is 11.9. The number of amides is 2. The van der Waals surface area contributed by atoms with E-state index in [0.717, 1.165) is 15.6 Å². The highest BCUT2D eigenvalue weighted by atomic mass is 79.9. The van der Waals surface area contributed by atoms with Crippen LogP contribution < -0.4 is 10.6 Å². The van der Waals surface area contributed by atoms with E-state index >= 15 is 0 Å². The summed E-state index contributed by atoms with van der Waals surface area (Å²) < 4.78 is 0.997. The molecule has 21 heavy (non-hydrogen) atoms. The standard InChI is InChI=1S/C17H19BrN2O/c1-12-7-9-14(10-8-12)11-19-17(21)20-13(2)15-5-3-4-6-16(15)18/h3-10,13H,11H2,1-2H3,(H2,19,20,21). The molecule has 0 bridgehead atoms. The van der Waals surface area contributed by atoms with Crippen LogP contribution in [-0.2, 0) is 6.54 Å². The summed E-state index contributed by atoms with van der Waals surface area (Å²) in [6, 6.07) is 15.8. The van der Waals surface area contributed by atoms with Gasteiger partial charge >= 0.3 is 6.03 Å². The van der Waals surface area contributed by atoms with E-state index in [1.165, 1.54) is 5.56 Å². The minimum Gasteiger partial charge on any atom is -0.334 e. The fourth-order valence-corrected chi connectivity index (χ4v) is 2.67. The van der Waals surface area contributed by atoms with Crippen molar-refractivity contribution < 1.29 is 4.79 Å². The van der Waals surface area contributed by atoms with Gasteiger partial charge in [-0.25, -0.2) is 4.79 Å². The summed E-state index contributed by atoms with van der Waals surface area (Å²) in [7, 11) is 0. The molecule has 0 saturated heterocycles. The van der Waals surface area contributed by atoms with E-state index < -0.39 is 0 Å². The second kappa shape index (κ2) is 7.27. The Hall–Kier alpha value is -1.81. The van der Waals surface area contributed by atoms with Crippen molar-refractivity contribution in [1.82, 2.24) is 10.6 Å². The van der Waals surface area contributed by atoms with E-state index in [2.05, 4.69) is 26.6 Å². The van der Waals surface area contributed by atoms with Crippen molar-refractivity contribution in [1.29, 1.82) is 0 Å². The molecule has 4 heteroatoms. The van der Waals surface area contributed by atoms with Crippen LogP contribution in [0.3, 0.4) is 0 Å². The van der Waals surface area contributed by atoms with Gasteiger partial charge in [-0.05, 0) is 31.0 Å². The molecule has 110 valence electrons. The first kappa shape index (κ1) is 15.6. The van der Waals surface area contributed by atoms with Gasteiger partial charge in [-0.15, -0.1) is 0 Å². The van der Waals surface area contributed by atoms with Crippen LogP contribution in [0.1, 0.15) is 29.7 Å². The van der Waals surface area contributed by atoms with Gasteiger partial charge in [-0.2, -0.15) is 0 Å². The van der Waals surface area contributed by atoms with Crippen molar-refractivity contribution in [2.45, 2.75) is 26.4 Å². The van der Waals surface area contributed by atoms with Gasteiger partial charge in [-0.3, -0.25) is 0 Å². The van der Waals surface area contributed by atoms with Crippen LogP contribution >= 0.6 is 15.9 Å². The third-order valence-electron chi connectivity index (χ3n) is 3.29. The Kier molecular flexibility index (Phi) is 5.39. The fourth-order valence-electron chi connectivity index (χ4n) is 2.04. The van der Waals surface area contributed by atoms with Gasteiger partial charge < -0.3 is 10.6 Å². The first-order valence-electron chi connectivity index (χ1n) is 6.90. The van der Waals surface area contributed by atoms with Crippen LogP contribution in [0.2, 0.25) is 0 Å². The maximum Gasteiger partial charge on any atom is 0.315 e. The highest BCUT2D eigenvalue weighted by Crippen LogP contribution is 2.22. The lowest BCUT2D eigenvalue weighted by Gasteiger charge is -2.16. The summed E-state index contributed by atoms with van der Waals surface area (Å²) in [6.45, 7) is 4.53. The fraction of sp³-hybridized carbons (Fsp3) is 0.235. The van der Waals surface area contributed by atoms with E-state index in [4.69, 9.17) is 0 Å². The van der Waals surface area contributed by atoms with Gasteiger partial charge in [0.2, 0.25) is 0 Å². The number of nitrogens with one attached hydrogen (secondary N) is 2. The molecule has 1 atom stereocenters. The second-order valence-electron chi connectivity index (χ2n) is 5.06. The summed E-state index contributed by atoms with van der Waals surface area (Å²) in [4.78, 5) is 11.9. The number of hydrogen-bond donors (Lipinski definition) is 2. The Morgan fingerprint density at radius 1 is 1.14 bits per heavy atom. The molecule has 0 aromatic heterocycles. The molecule has 0 heterocycles. The molecule has 0 aliphatic rings. The number of rotatable bonds is 4. The van der Waals surface area contributed by atoms with Gasteiger partial charge in [0, 0.05) is 11.0 Å². The molecule has 0 spiro atoms. The Morgan fingerprint density at radius 2 is 1.81 bits per heavy atom. The molecular formula is C17H19BrN2O. The Labute approximate surface area is 133 Å². The van der Waals surface area contributed by atoms with Gasteiger partial charge in [0.15, 0.2) is 0 Å². The first-order valence-corrected chi connectivity index (χ1v) is 7.70. The van der Waals surface area contributed by atoms with Gasteiger partial charge in [-0.1, -0.05) is 64.0 Å². The van der Waals surface area contributed by atoms with Crippen molar-refractivity contribution in [2.24, 2.45) is 0 Å². The average Bonchev–Trinajstić information content (AvgIpc) is 2.47. The molecule has 0 fully saturated rings. The molecule has 0 aliphatic carbocycles. The van der Waals surface area contributed by atoms with E-state index in [-0.39, 0.29) is 12.1 Å². The molecule has 0 radical (unpaired) electrons. The van der Waals surface area contributed by atoms with Crippen LogP contribution in [0.15, 0.2) is 53.0 Å². The topological polar surface area (TPSA) is 41.1 Å². The highest BCUT2D eigenvalue weighted by Gasteiger charge is 2.11. The molecule has 3 nitrogen and oxygen atoms in total. The molecular weight excluding hydrogens is 328 g/mol. The summed E-state index contributed by atoms with van der Waals surface area (Å²) in [5.41, 5.74) is 3.36. The lowest BCUT2D eigenvalue weighted by molar-refractivity contribution is 0.237. The Morgan fingerprint density at radius 3 is 2.48 bits per heavy atom. The molecule has 2 aromatic carbocycles. The van der Waals surface area contributed by atoms with Gasteiger partial charge in [0.05, 0.1) is 6.04 Å². The lowest BCUT2D eigenvalue weighted by Crippen LogP contribution is -2.36. The zero-order valence-corrected chi connectivity index (χ0v) is 13.8. The predicted octanol–water partition coefficient (Wildman–Crippen LogP) is 4.32. The number of aryl methyl sites for hydroxylation is 1. The molecule has 2 N–H and O–H groups in total. The minimum atomic E-state index is -0.168. The van der Waals surface area contributed by atoms with Crippen molar-refractivity contribution in [3.05, 3.63) is 69.7 Å². The van der Waals surface area contributed by atoms with Crippen LogP contribution in [0.5, 0.6) is 0 Å². The summed E-state index contributed by atoms with van der Waals surface area (Å²) >= 11 is 3.50. The SMILES string of the molecule is Cc1ccc(CNC(=O)NC(C)c2ccccc2Br)cc1. The summed E-state index contributed by atoms with van der Waals surface area (Å²) in [5, 5.41) is 5.81. The molecule has 0 saturated carbocycles. The monoisotopic (exact) mass is 346 g/mol. The van der Waals surface area contributed by atoms with Crippen LogP contribution in [0.25, 0.3) is 0 Å². The Bertz CT molecular complexity index is 610. The van der Waals surface area contributed by atoms with Crippen LogP contribution in [0.4, 0.5) is 4.79 Å². The van der Waals surface area contributed by atoms with E-state index in [1.807, 2.05) is 62.4 Å². The molecule has 2 rings (SSSR count). The van der Waals surface area contributed by atoms with E-state index in [0.29, 0.717) is 6.54 Å². The average molecular weight is 347 g/mol. The van der Waals surface area contributed by atoms with Crippen molar-refractivity contribution >= 4 is 22.0 Å². The predicted molar refractivity (Wildman–Crippen MR) is 89.1 cm³/mol. The zero-order chi connectivity index (χ0) is 15.2. The molecule has 2 aromatic rings. The van der Waals surface area contributed by atoms with Gasteiger partial charge in [0.25, 0.3) is 0 Å². The molecule has 2 amide bonds. The van der Waals surface area contributed by atoms with Gasteiger partial charge in [0.1, 0.15) is 0 Å². The number of halogens is 1. The van der Waals surface area contributed by atoms with Crippen molar-refractivity contribution in [2.75, 3.05) is 0 Å². The number of benzene rings is 2. The van der Waals surface area contributed by atoms with E-state index in [1.54, 1.807) is 0 Å². The lowest BCUT2D eigenvalue weighted by atomic mass is 10.1. The van der Waals surface area contributed by atoms with Crippen LogP contribution in [0, 0.1) is 6.92 Å². The highest BCUT2D eigenvalue weighted by molar-refractivity contribution is 9.10. The number of carbonyl (C=O) groups is 1. The smallest absolute Gasteiger partial charge is 0.315 e. The van der Waals surface area contributed by atoms with Crippen molar-refractivity contribution in [3.63, 3.8) is 0 Å². The van der Waals surface area contributed by atoms with Crippen LogP contribution in [-0.4, -0.2) is 6.03 Å². The first-order chi connectivity index (χ1) is 10.1. The summed E-state index contributed by atoms with van der Waals surface area (Å²) in [6.07, 6.45) is 0. The number of carbonyl (C=O) groups excluding carboxylic acids is 1. The Balaban J connectivity index is 1.87. The number of urea groups is 1. The zero-order valence-electron chi connectivity index (χ0n) is 12.2. The third-order valence-corrected chi connectivity index (χ3v) is 4.02. The van der Waals surface area contributed by atoms with E-state index in [9.17, 15) is 4.79 Å². The summed E-state index contributed by atoms with van der Waals surface area (Å²) in [5.74, 6) is 0. The minimum absolute atomic E-state index is 0.0569. The number of hydrogen-bond acceptors (Lipinski definition) is 1. The quantitative estimate of drug-likeness (QED) is 0.850. The maximum absolute atomic E-state index is 11.9. The largest absolute Gasteiger partial charge is 0.334 e. The molecule has 0 aliphatic heterocycles. The normalized spacial score (nSPS) is 11.8. The van der Waals surface area contributed by atoms with Crippen molar-refractivity contribution in [3.8, 4) is 0 Å².